The van der Waals surface area contributed by atoms with Gasteiger partial charge in [-0.3, -0.25) is 0 Å². The molecular weight excluding hydrogens is 256 g/mol. The predicted octanol–water partition coefficient (Wildman–Crippen LogP) is 3.95. The highest BCUT2D eigenvalue weighted by Crippen LogP contribution is 2.18. The van der Waals surface area contributed by atoms with Gasteiger partial charge in [-0.25, -0.2) is 0 Å². The number of nitrogens with one attached hydrogen (secondary N) is 2. The first kappa shape index (κ1) is 15.8. The van der Waals surface area contributed by atoms with E-state index in [4.69, 9.17) is 17.0 Å². The molecule has 19 heavy (non-hydrogen) atoms. The summed E-state index contributed by atoms with van der Waals surface area (Å²) in [5.74, 6) is 0.855. The van der Waals surface area contributed by atoms with Gasteiger partial charge in [0.2, 0.25) is 0 Å². The minimum atomic E-state index is 0.175. The molecule has 0 aliphatic carbocycles. The van der Waals surface area contributed by atoms with Gasteiger partial charge in [0.05, 0.1) is 6.10 Å². The largest absolute Gasteiger partial charge is 0.491 e. The molecule has 0 unspecified atom stereocenters. The summed E-state index contributed by atoms with van der Waals surface area (Å²) >= 11 is 5.25. The van der Waals surface area contributed by atoms with E-state index in [-0.39, 0.29) is 6.10 Å². The van der Waals surface area contributed by atoms with Crippen LogP contribution in [0.4, 0.5) is 5.69 Å². The Morgan fingerprint density at radius 2 is 2.11 bits per heavy atom. The van der Waals surface area contributed by atoms with Gasteiger partial charge in [-0.1, -0.05) is 25.8 Å². The van der Waals surface area contributed by atoms with E-state index in [0.29, 0.717) is 5.11 Å². The third-order valence-electron chi connectivity index (χ3n) is 2.53. The fourth-order valence-electron chi connectivity index (χ4n) is 1.67. The van der Waals surface area contributed by atoms with E-state index in [0.717, 1.165) is 24.4 Å². The van der Waals surface area contributed by atoms with Crippen molar-refractivity contribution in [3.8, 4) is 5.75 Å². The summed E-state index contributed by atoms with van der Waals surface area (Å²) in [7, 11) is 0. The molecule has 0 aliphatic heterocycles. The van der Waals surface area contributed by atoms with Crippen molar-refractivity contribution in [3.05, 3.63) is 24.3 Å². The Hall–Kier alpha value is -1.29. The average Bonchev–Trinajstić information content (AvgIpc) is 2.34. The second-order valence-corrected chi connectivity index (χ2v) is 5.19. The zero-order chi connectivity index (χ0) is 14.1. The lowest BCUT2D eigenvalue weighted by atomic mass is 10.2. The van der Waals surface area contributed by atoms with Crippen LogP contribution in [0.5, 0.6) is 5.75 Å². The van der Waals surface area contributed by atoms with Crippen LogP contribution in [0.2, 0.25) is 0 Å². The molecule has 0 atom stereocenters. The summed E-state index contributed by atoms with van der Waals surface area (Å²) in [6.07, 6.45) is 3.77. The number of hydrogen-bond acceptors (Lipinski definition) is 2. The Kier molecular flexibility index (Phi) is 7.26. The highest BCUT2D eigenvalue weighted by atomic mass is 32.1. The smallest absolute Gasteiger partial charge is 0.170 e. The van der Waals surface area contributed by atoms with E-state index in [1.807, 2.05) is 38.1 Å². The van der Waals surface area contributed by atoms with Gasteiger partial charge in [0.25, 0.3) is 0 Å². The van der Waals surface area contributed by atoms with Crippen LogP contribution in [0.15, 0.2) is 24.3 Å². The Labute approximate surface area is 121 Å². The number of unbranched alkanes of at least 4 members (excludes halogenated alkanes) is 2. The molecule has 4 heteroatoms. The highest BCUT2D eigenvalue weighted by Gasteiger charge is 2.01. The number of benzene rings is 1. The molecule has 0 fully saturated rings. The zero-order valence-electron chi connectivity index (χ0n) is 12.0. The van der Waals surface area contributed by atoms with Crippen LogP contribution in [0.3, 0.4) is 0 Å². The first-order chi connectivity index (χ1) is 9.11. The van der Waals surface area contributed by atoms with E-state index in [1.54, 1.807) is 0 Å². The second kappa shape index (κ2) is 8.75. The molecule has 0 saturated heterocycles. The lowest BCUT2D eigenvalue weighted by molar-refractivity contribution is 0.242. The summed E-state index contributed by atoms with van der Waals surface area (Å²) in [5.41, 5.74) is 0.950. The van der Waals surface area contributed by atoms with Gasteiger partial charge in [-0.05, 0) is 44.6 Å². The van der Waals surface area contributed by atoms with Crippen molar-refractivity contribution >= 4 is 23.0 Å². The third kappa shape index (κ3) is 7.01. The molecule has 0 saturated carbocycles. The molecule has 0 radical (unpaired) electrons. The Bertz CT molecular complexity index is 393. The summed E-state index contributed by atoms with van der Waals surface area (Å²) < 4.78 is 5.65. The highest BCUT2D eigenvalue weighted by molar-refractivity contribution is 7.80. The maximum atomic E-state index is 5.65. The van der Waals surface area contributed by atoms with Crippen LogP contribution in [-0.2, 0) is 0 Å². The zero-order valence-corrected chi connectivity index (χ0v) is 12.8. The van der Waals surface area contributed by atoms with Gasteiger partial charge in [-0.2, -0.15) is 0 Å². The fourth-order valence-corrected chi connectivity index (χ4v) is 1.89. The second-order valence-electron chi connectivity index (χ2n) is 4.78. The van der Waals surface area contributed by atoms with E-state index >= 15 is 0 Å². The molecule has 0 heterocycles. The number of rotatable bonds is 7. The van der Waals surface area contributed by atoms with Gasteiger partial charge in [-0.15, -0.1) is 0 Å². The molecule has 0 aromatic heterocycles. The number of ether oxygens (including phenoxy) is 1. The van der Waals surface area contributed by atoms with Crippen molar-refractivity contribution < 1.29 is 4.74 Å². The minimum Gasteiger partial charge on any atom is -0.491 e. The predicted molar refractivity (Wildman–Crippen MR) is 86.0 cm³/mol. The molecule has 0 bridgehead atoms. The third-order valence-corrected chi connectivity index (χ3v) is 2.78. The molecule has 0 aliphatic rings. The topological polar surface area (TPSA) is 33.3 Å². The van der Waals surface area contributed by atoms with E-state index in [9.17, 15) is 0 Å². The maximum Gasteiger partial charge on any atom is 0.170 e. The minimum absolute atomic E-state index is 0.175. The summed E-state index contributed by atoms with van der Waals surface area (Å²) in [5, 5.41) is 7.04. The fraction of sp³-hybridized carbons (Fsp3) is 0.533. The van der Waals surface area contributed by atoms with E-state index < -0.39 is 0 Å². The molecule has 1 rings (SSSR count). The standard InChI is InChI=1S/C15H24N2OS/c1-4-5-6-10-16-15(19)17-13-8-7-9-14(11-13)18-12(2)3/h7-9,11-12H,4-6,10H2,1-3H3,(H2,16,17,19). The molecule has 106 valence electrons. The average molecular weight is 280 g/mol. The van der Waals surface area contributed by atoms with E-state index in [2.05, 4.69) is 17.6 Å². The lowest BCUT2D eigenvalue weighted by Gasteiger charge is -2.13. The van der Waals surface area contributed by atoms with Crippen LogP contribution >= 0.6 is 12.2 Å². The van der Waals surface area contributed by atoms with Crippen molar-refractivity contribution in [2.45, 2.75) is 46.1 Å². The molecule has 0 spiro atoms. The lowest BCUT2D eigenvalue weighted by Crippen LogP contribution is -2.29. The quantitative estimate of drug-likeness (QED) is 0.585. The molecular formula is C15H24N2OS. The first-order valence-electron chi connectivity index (χ1n) is 6.93. The molecule has 2 N–H and O–H groups in total. The Morgan fingerprint density at radius 3 is 2.79 bits per heavy atom. The summed E-state index contributed by atoms with van der Waals surface area (Å²) in [6, 6.07) is 7.84. The normalized spacial score (nSPS) is 10.3. The maximum absolute atomic E-state index is 5.65. The van der Waals surface area contributed by atoms with Crippen LogP contribution in [0.1, 0.15) is 40.0 Å². The van der Waals surface area contributed by atoms with Crippen LogP contribution in [0, 0.1) is 0 Å². The van der Waals surface area contributed by atoms with Gasteiger partial charge >= 0.3 is 0 Å². The van der Waals surface area contributed by atoms with Gasteiger partial charge in [0, 0.05) is 18.3 Å². The molecule has 0 amide bonds. The Morgan fingerprint density at radius 1 is 1.32 bits per heavy atom. The Balaban J connectivity index is 2.41. The van der Waals surface area contributed by atoms with E-state index in [1.165, 1.54) is 12.8 Å². The number of anilines is 1. The van der Waals surface area contributed by atoms with Crippen molar-refractivity contribution in [3.63, 3.8) is 0 Å². The van der Waals surface area contributed by atoms with Crippen molar-refractivity contribution in [1.82, 2.24) is 5.32 Å². The monoisotopic (exact) mass is 280 g/mol. The summed E-state index contributed by atoms with van der Waals surface area (Å²) in [4.78, 5) is 0. The molecule has 3 nitrogen and oxygen atoms in total. The van der Waals surface area contributed by atoms with Crippen molar-refractivity contribution in [2.75, 3.05) is 11.9 Å². The van der Waals surface area contributed by atoms with Gasteiger partial charge < -0.3 is 15.4 Å². The SMILES string of the molecule is CCCCCNC(=S)Nc1cccc(OC(C)C)c1. The van der Waals surface area contributed by atoms with Crippen LogP contribution in [0.25, 0.3) is 0 Å². The van der Waals surface area contributed by atoms with Crippen LogP contribution in [-0.4, -0.2) is 17.8 Å². The number of thiocarbonyl (C=S) groups is 1. The van der Waals surface area contributed by atoms with Gasteiger partial charge in [0.15, 0.2) is 5.11 Å². The molecule has 1 aromatic rings. The van der Waals surface area contributed by atoms with Crippen molar-refractivity contribution in [1.29, 1.82) is 0 Å². The first-order valence-corrected chi connectivity index (χ1v) is 7.34. The number of hydrogen-bond donors (Lipinski definition) is 2. The van der Waals surface area contributed by atoms with Crippen LogP contribution < -0.4 is 15.4 Å². The molecule has 1 aromatic carbocycles. The van der Waals surface area contributed by atoms with Crippen molar-refractivity contribution in [2.24, 2.45) is 0 Å². The summed E-state index contributed by atoms with van der Waals surface area (Å²) in [6.45, 7) is 7.14. The van der Waals surface area contributed by atoms with Gasteiger partial charge in [0.1, 0.15) is 5.75 Å².